The van der Waals surface area contributed by atoms with E-state index in [1.165, 1.54) is 18.2 Å². The fraction of sp³-hybridized carbons (Fsp3) is 0.500. The van der Waals surface area contributed by atoms with Gasteiger partial charge in [0.25, 0.3) is 0 Å². The molecule has 1 aromatic carbocycles. The van der Waals surface area contributed by atoms with Crippen molar-refractivity contribution in [1.29, 1.82) is 0 Å². The summed E-state index contributed by atoms with van der Waals surface area (Å²) in [4.78, 5) is 14.0. The number of halogens is 2. The van der Waals surface area contributed by atoms with Crippen LogP contribution in [0.3, 0.4) is 0 Å². The van der Waals surface area contributed by atoms with Crippen LogP contribution in [0, 0.1) is 11.6 Å². The maximum Gasteiger partial charge on any atom is 0.230 e. The number of carbonyl (C=O) groups excluding carboxylic acids is 1. The van der Waals surface area contributed by atoms with E-state index in [4.69, 9.17) is 0 Å². The highest BCUT2D eigenvalue weighted by molar-refractivity contribution is 5.83. The zero-order valence-electron chi connectivity index (χ0n) is 11.1. The van der Waals surface area contributed by atoms with Gasteiger partial charge in [0.2, 0.25) is 5.91 Å². The maximum atomic E-state index is 13.7. The predicted octanol–water partition coefficient (Wildman–Crippen LogP) is 1.89. The smallest absolute Gasteiger partial charge is 0.230 e. The second-order valence-electron chi connectivity index (χ2n) is 5.00. The van der Waals surface area contributed by atoms with Crippen LogP contribution in [-0.4, -0.2) is 36.5 Å². The van der Waals surface area contributed by atoms with Crippen molar-refractivity contribution in [2.24, 2.45) is 0 Å². The monoisotopic (exact) mass is 268 g/mol. The Bertz CT molecular complexity index is 458. The van der Waals surface area contributed by atoms with Crippen molar-refractivity contribution in [3.05, 3.63) is 35.4 Å². The fourth-order valence-corrected chi connectivity index (χ4v) is 2.45. The zero-order chi connectivity index (χ0) is 14.0. The number of hydrogen-bond donors (Lipinski definition) is 1. The number of benzene rings is 1. The third kappa shape index (κ3) is 2.92. The van der Waals surface area contributed by atoms with Gasteiger partial charge in [0.15, 0.2) is 0 Å². The van der Waals surface area contributed by atoms with Crippen LogP contribution in [0.5, 0.6) is 0 Å². The minimum atomic E-state index is -0.800. The molecule has 104 valence electrons. The van der Waals surface area contributed by atoms with Crippen LogP contribution in [0.15, 0.2) is 18.2 Å². The topological polar surface area (TPSA) is 32.3 Å². The lowest BCUT2D eigenvalue weighted by Gasteiger charge is -2.33. The van der Waals surface area contributed by atoms with Crippen molar-refractivity contribution in [2.45, 2.75) is 25.8 Å². The molecule has 0 spiro atoms. The van der Waals surface area contributed by atoms with Gasteiger partial charge in [0.05, 0.1) is 5.92 Å². The van der Waals surface area contributed by atoms with Crippen LogP contribution >= 0.6 is 0 Å². The minimum absolute atomic E-state index is 0.140. The minimum Gasteiger partial charge on any atom is -0.339 e. The molecule has 0 saturated carbocycles. The van der Waals surface area contributed by atoms with Gasteiger partial charge in [0, 0.05) is 31.2 Å². The van der Waals surface area contributed by atoms with E-state index in [1.807, 2.05) is 6.92 Å². The summed E-state index contributed by atoms with van der Waals surface area (Å²) in [5, 5.41) is 3.23. The van der Waals surface area contributed by atoms with E-state index >= 15 is 0 Å². The highest BCUT2D eigenvalue weighted by atomic mass is 19.1. The largest absolute Gasteiger partial charge is 0.339 e. The van der Waals surface area contributed by atoms with Crippen LogP contribution in [0.4, 0.5) is 8.78 Å². The number of carbonyl (C=O) groups is 1. The molecular formula is C14H18F2N2O. The van der Waals surface area contributed by atoms with E-state index in [0.29, 0.717) is 19.6 Å². The van der Waals surface area contributed by atoms with E-state index in [2.05, 4.69) is 5.32 Å². The van der Waals surface area contributed by atoms with Gasteiger partial charge in [-0.2, -0.15) is 0 Å². The first-order chi connectivity index (χ1) is 9.00. The predicted molar refractivity (Wildman–Crippen MR) is 68.8 cm³/mol. The first-order valence-corrected chi connectivity index (χ1v) is 6.46. The third-order valence-electron chi connectivity index (χ3n) is 3.48. The van der Waals surface area contributed by atoms with Crippen LogP contribution in [0.25, 0.3) is 0 Å². The molecule has 1 unspecified atom stereocenters. The van der Waals surface area contributed by atoms with Crippen molar-refractivity contribution in [3.63, 3.8) is 0 Å². The van der Waals surface area contributed by atoms with E-state index < -0.39 is 17.6 Å². The van der Waals surface area contributed by atoms with Gasteiger partial charge >= 0.3 is 0 Å². The molecule has 3 nitrogen and oxygen atoms in total. The molecule has 19 heavy (non-hydrogen) atoms. The van der Waals surface area contributed by atoms with Crippen LogP contribution in [-0.2, 0) is 4.79 Å². The molecule has 1 fully saturated rings. The molecule has 5 heteroatoms. The average Bonchev–Trinajstić information content (AvgIpc) is 2.37. The molecular weight excluding hydrogens is 250 g/mol. The number of rotatable bonds is 2. The van der Waals surface area contributed by atoms with Crippen molar-refractivity contribution in [1.82, 2.24) is 10.2 Å². The van der Waals surface area contributed by atoms with Gasteiger partial charge < -0.3 is 10.2 Å². The summed E-state index contributed by atoms with van der Waals surface area (Å²) in [6.45, 7) is 5.38. The molecule has 1 aliphatic heterocycles. The summed E-state index contributed by atoms with van der Waals surface area (Å²) in [7, 11) is 0. The lowest BCUT2D eigenvalue weighted by molar-refractivity contribution is -0.133. The quantitative estimate of drug-likeness (QED) is 0.888. The number of hydrogen-bond acceptors (Lipinski definition) is 2. The van der Waals surface area contributed by atoms with Gasteiger partial charge in [-0.3, -0.25) is 4.79 Å². The molecule has 1 amide bonds. The van der Waals surface area contributed by atoms with Gasteiger partial charge in [-0.1, -0.05) is 6.07 Å². The van der Waals surface area contributed by atoms with Crippen LogP contribution in [0.1, 0.15) is 25.3 Å². The lowest BCUT2D eigenvalue weighted by atomic mass is 9.97. The SMILES string of the molecule is CC(C(=O)N1CCN[C@H](C)C1)c1c(F)cccc1F. The van der Waals surface area contributed by atoms with E-state index in [-0.39, 0.29) is 17.5 Å². The molecule has 1 saturated heterocycles. The highest BCUT2D eigenvalue weighted by Gasteiger charge is 2.28. The molecule has 2 atom stereocenters. The highest BCUT2D eigenvalue weighted by Crippen LogP contribution is 2.24. The van der Waals surface area contributed by atoms with Crippen molar-refractivity contribution >= 4 is 5.91 Å². The molecule has 1 N–H and O–H groups in total. The van der Waals surface area contributed by atoms with E-state index in [1.54, 1.807) is 11.8 Å². The maximum absolute atomic E-state index is 13.7. The molecule has 0 aliphatic carbocycles. The van der Waals surface area contributed by atoms with E-state index in [0.717, 1.165) is 0 Å². The van der Waals surface area contributed by atoms with Gasteiger partial charge in [-0.05, 0) is 26.0 Å². The Morgan fingerprint density at radius 2 is 2.05 bits per heavy atom. The molecule has 1 aliphatic rings. The van der Waals surface area contributed by atoms with E-state index in [9.17, 15) is 13.6 Å². The molecule has 1 heterocycles. The Kier molecular flexibility index (Phi) is 4.14. The zero-order valence-corrected chi connectivity index (χ0v) is 11.1. The summed E-state index contributed by atoms with van der Waals surface area (Å²) >= 11 is 0. The summed E-state index contributed by atoms with van der Waals surface area (Å²) < 4.78 is 27.4. The van der Waals surface area contributed by atoms with Crippen LogP contribution < -0.4 is 5.32 Å². The summed E-state index contributed by atoms with van der Waals surface area (Å²) in [5.74, 6) is -2.35. The number of amides is 1. The molecule has 0 aromatic heterocycles. The fourth-order valence-electron chi connectivity index (χ4n) is 2.45. The van der Waals surface area contributed by atoms with Crippen molar-refractivity contribution < 1.29 is 13.6 Å². The Hall–Kier alpha value is -1.49. The third-order valence-corrected chi connectivity index (χ3v) is 3.48. The Morgan fingerprint density at radius 3 is 2.63 bits per heavy atom. The van der Waals surface area contributed by atoms with Crippen molar-refractivity contribution in [3.8, 4) is 0 Å². The number of piperazine rings is 1. The second kappa shape index (κ2) is 5.65. The van der Waals surface area contributed by atoms with Gasteiger partial charge in [-0.15, -0.1) is 0 Å². The van der Waals surface area contributed by atoms with Crippen LogP contribution in [0.2, 0.25) is 0 Å². The first-order valence-electron chi connectivity index (χ1n) is 6.46. The Morgan fingerprint density at radius 1 is 1.42 bits per heavy atom. The molecule has 1 aromatic rings. The molecule has 0 bridgehead atoms. The normalized spacial score (nSPS) is 21.3. The molecule has 2 rings (SSSR count). The Balaban J connectivity index is 2.19. The average molecular weight is 268 g/mol. The lowest BCUT2D eigenvalue weighted by Crippen LogP contribution is -2.52. The summed E-state index contributed by atoms with van der Waals surface area (Å²) in [5.41, 5.74) is -0.140. The van der Waals surface area contributed by atoms with Crippen molar-refractivity contribution in [2.75, 3.05) is 19.6 Å². The first kappa shape index (κ1) is 13.9. The summed E-state index contributed by atoms with van der Waals surface area (Å²) in [6.07, 6.45) is 0. The number of nitrogens with zero attached hydrogens (tertiary/aromatic N) is 1. The van der Waals surface area contributed by atoms with Gasteiger partial charge in [-0.25, -0.2) is 8.78 Å². The summed E-state index contributed by atoms with van der Waals surface area (Å²) in [6, 6.07) is 3.87. The molecule has 0 radical (unpaired) electrons. The Labute approximate surface area is 111 Å². The standard InChI is InChI=1S/C14H18F2N2O/c1-9-8-18(7-6-17-9)14(19)10(2)13-11(15)4-3-5-12(13)16/h3-5,9-10,17H,6-8H2,1-2H3/t9-,10?/m1/s1. The second-order valence-corrected chi connectivity index (χ2v) is 5.00. The van der Waals surface area contributed by atoms with Gasteiger partial charge in [0.1, 0.15) is 11.6 Å². The number of nitrogens with one attached hydrogen (secondary N) is 1.